The lowest BCUT2D eigenvalue weighted by molar-refractivity contribution is 0.101. The van der Waals surface area contributed by atoms with Gasteiger partial charge >= 0.3 is 0 Å². The Morgan fingerprint density at radius 2 is 2.20 bits per heavy atom. The number of hydrogen-bond donors (Lipinski definition) is 1. The van der Waals surface area contributed by atoms with E-state index in [1.165, 1.54) is 25.9 Å². The summed E-state index contributed by atoms with van der Waals surface area (Å²) in [5, 5.41) is 3.51. The summed E-state index contributed by atoms with van der Waals surface area (Å²) in [6.45, 7) is 2.49. The van der Waals surface area contributed by atoms with Gasteiger partial charge in [0.15, 0.2) is 0 Å². The molecular formula is C7H15BrN2. The average Bonchev–Trinajstić information content (AvgIpc) is 1.90. The van der Waals surface area contributed by atoms with Crippen LogP contribution >= 0.6 is 17.0 Å². The highest BCUT2D eigenvalue weighted by molar-refractivity contribution is 8.93. The van der Waals surface area contributed by atoms with E-state index >= 15 is 0 Å². The van der Waals surface area contributed by atoms with Crippen LogP contribution in [0.1, 0.15) is 12.8 Å². The van der Waals surface area contributed by atoms with Crippen LogP contribution in [-0.4, -0.2) is 37.1 Å². The largest absolute Gasteiger partial charge is 0.311 e. The first-order valence-corrected chi connectivity index (χ1v) is 3.80. The third-order valence-corrected chi connectivity index (χ3v) is 2.62. The van der Waals surface area contributed by atoms with Crippen molar-refractivity contribution in [2.75, 3.05) is 20.1 Å². The summed E-state index contributed by atoms with van der Waals surface area (Å²) in [6, 6.07) is 1.65. The van der Waals surface area contributed by atoms with Crippen LogP contribution in [-0.2, 0) is 0 Å². The van der Waals surface area contributed by atoms with Gasteiger partial charge in [-0.15, -0.1) is 17.0 Å². The maximum atomic E-state index is 3.51. The standard InChI is InChI=1S/C7H14N2.BrH/c1-9-5-6-2-3-7(9)4-8-6;/h6-8H,2-5H2,1H3;1H/t6-,7-;/m0./s1. The van der Waals surface area contributed by atoms with Crippen LogP contribution in [0.2, 0.25) is 0 Å². The second kappa shape index (κ2) is 3.20. The molecule has 3 heteroatoms. The van der Waals surface area contributed by atoms with E-state index in [0.717, 1.165) is 12.1 Å². The van der Waals surface area contributed by atoms with E-state index in [9.17, 15) is 0 Å². The van der Waals surface area contributed by atoms with Crippen molar-refractivity contribution in [3.05, 3.63) is 0 Å². The van der Waals surface area contributed by atoms with Gasteiger partial charge < -0.3 is 10.2 Å². The van der Waals surface area contributed by atoms with Crippen LogP contribution in [0.3, 0.4) is 0 Å². The first-order chi connectivity index (χ1) is 4.36. The molecule has 0 aromatic carbocycles. The molecule has 0 aromatic rings. The van der Waals surface area contributed by atoms with Gasteiger partial charge in [0.05, 0.1) is 0 Å². The van der Waals surface area contributed by atoms with E-state index in [0.29, 0.717) is 0 Å². The molecule has 3 aliphatic rings. The number of piperazine rings is 1. The smallest absolute Gasteiger partial charge is 0.0218 e. The molecule has 3 rings (SSSR count). The van der Waals surface area contributed by atoms with E-state index in [1.54, 1.807) is 0 Å². The summed E-state index contributed by atoms with van der Waals surface area (Å²) in [5.74, 6) is 0. The van der Waals surface area contributed by atoms with Crippen LogP contribution in [0.25, 0.3) is 0 Å². The second-order valence-corrected chi connectivity index (χ2v) is 3.28. The van der Waals surface area contributed by atoms with Gasteiger partial charge in [0.1, 0.15) is 0 Å². The van der Waals surface area contributed by atoms with E-state index in [-0.39, 0.29) is 17.0 Å². The first-order valence-electron chi connectivity index (χ1n) is 3.80. The minimum Gasteiger partial charge on any atom is -0.311 e. The van der Waals surface area contributed by atoms with E-state index < -0.39 is 0 Å². The maximum absolute atomic E-state index is 3.51. The first kappa shape index (κ1) is 8.50. The fourth-order valence-corrected chi connectivity index (χ4v) is 1.93. The van der Waals surface area contributed by atoms with Crippen molar-refractivity contribution in [2.45, 2.75) is 24.9 Å². The lowest BCUT2D eigenvalue weighted by Gasteiger charge is -2.44. The van der Waals surface area contributed by atoms with E-state index in [1.807, 2.05) is 0 Å². The summed E-state index contributed by atoms with van der Waals surface area (Å²) in [4.78, 5) is 2.48. The Morgan fingerprint density at radius 3 is 2.40 bits per heavy atom. The fraction of sp³-hybridized carbons (Fsp3) is 1.00. The Morgan fingerprint density at radius 1 is 1.40 bits per heavy atom. The van der Waals surface area contributed by atoms with Crippen LogP contribution in [0.5, 0.6) is 0 Å². The highest BCUT2D eigenvalue weighted by Gasteiger charge is 2.30. The Hall–Kier alpha value is 0.400. The molecule has 10 heavy (non-hydrogen) atoms. The quantitative estimate of drug-likeness (QED) is 0.626. The fourth-order valence-electron chi connectivity index (χ4n) is 1.93. The number of likely N-dealkylation sites (N-methyl/N-ethyl adjacent to an activating group) is 1. The van der Waals surface area contributed by atoms with Crippen LogP contribution < -0.4 is 5.32 Å². The normalized spacial score (nSPS) is 39.3. The minimum absolute atomic E-state index is 0. The van der Waals surface area contributed by atoms with E-state index in [2.05, 4.69) is 17.3 Å². The van der Waals surface area contributed by atoms with Gasteiger partial charge in [0.2, 0.25) is 0 Å². The van der Waals surface area contributed by atoms with Crippen molar-refractivity contribution in [3.8, 4) is 0 Å². The van der Waals surface area contributed by atoms with E-state index in [4.69, 9.17) is 0 Å². The van der Waals surface area contributed by atoms with Crippen LogP contribution in [0.4, 0.5) is 0 Å². The molecule has 1 N–H and O–H groups in total. The molecule has 2 nitrogen and oxygen atoms in total. The maximum Gasteiger partial charge on any atom is 0.0218 e. The third-order valence-electron chi connectivity index (χ3n) is 2.62. The lowest BCUT2D eigenvalue weighted by Crippen LogP contribution is -2.59. The van der Waals surface area contributed by atoms with Crippen molar-refractivity contribution >= 4 is 17.0 Å². The zero-order valence-corrected chi connectivity index (χ0v) is 8.05. The molecule has 0 saturated carbocycles. The molecule has 60 valence electrons. The van der Waals surface area contributed by atoms with Crippen molar-refractivity contribution < 1.29 is 0 Å². The van der Waals surface area contributed by atoms with Crippen molar-refractivity contribution in [1.29, 1.82) is 0 Å². The molecule has 2 bridgehead atoms. The molecule has 3 fully saturated rings. The molecule has 0 unspecified atom stereocenters. The predicted octanol–water partition coefficient (Wildman–Crippen LogP) is 0.630. The molecule has 0 aliphatic carbocycles. The van der Waals surface area contributed by atoms with Crippen LogP contribution in [0, 0.1) is 0 Å². The molecule has 2 atom stereocenters. The number of nitrogens with zero attached hydrogens (tertiary/aromatic N) is 1. The van der Waals surface area contributed by atoms with Crippen molar-refractivity contribution in [1.82, 2.24) is 10.2 Å². The van der Waals surface area contributed by atoms with Gasteiger partial charge in [-0.3, -0.25) is 0 Å². The van der Waals surface area contributed by atoms with Gasteiger partial charge in [-0.25, -0.2) is 0 Å². The third kappa shape index (κ3) is 1.36. The summed E-state index contributed by atoms with van der Waals surface area (Å²) in [6.07, 6.45) is 2.81. The topological polar surface area (TPSA) is 15.3 Å². The van der Waals surface area contributed by atoms with Gasteiger partial charge in [0, 0.05) is 25.2 Å². The Balaban J connectivity index is 0.000000500. The summed E-state index contributed by atoms with van der Waals surface area (Å²) < 4.78 is 0. The predicted molar refractivity (Wildman–Crippen MR) is 47.8 cm³/mol. The number of rotatable bonds is 0. The molecule has 0 aromatic heterocycles. The monoisotopic (exact) mass is 206 g/mol. The van der Waals surface area contributed by atoms with Gasteiger partial charge in [-0.05, 0) is 19.9 Å². The molecule has 0 amide bonds. The number of fused-ring (bicyclic) bond motifs is 3. The van der Waals surface area contributed by atoms with Crippen molar-refractivity contribution in [3.63, 3.8) is 0 Å². The Labute approximate surface area is 72.7 Å². The van der Waals surface area contributed by atoms with Crippen molar-refractivity contribution in [2.24, 2.45) is 0 Å². The zero-order chi connectivity index (χ0) is 6.27. The summed E-state index contributed by atoms with van der Waals surface area (Å²) in [7, 11) is 2.23. The number of hydrogen-bond acceptors (Lipinski definition) is 2. The number of nitrogens with one attached hydrogen (secondary N) is 1. The number of piperidine rings is 2. The van der Waals surface area contributed by atoms with Gasteiger partial charge in [0.25, 0.3) is 0 Å². The number of halogens is 1. The summed E-state index contributed by atoms with van der Waals surface area (Å²) in [5.41, 5.74) is 0. The van der Waals surface area contributed by atoms with Gasteiger partial charge in [-0.1, -0.05) is 0 Å². The minimum atomic E-state index is 0. The Bertz CT molecular complexity index is 110. The molecule has 0 spiro atoms. The molecule has 0 radical (unpaired) electrons. The zero-order valence-electron chi connectivity index (χ0n) is 6.34. The summed E-state index contributed by atoms with van der Waals surface area (Å²) >= 11 is 0. The van der Waals surface area contributed by atoms with Crippen LogP contribution in [0.15, 0.2) is 0 Å². The lowest BCUT2D eigenvalue weighted by atomic mass is 9.94. The average molecular weight is 207 g/mol. The molecular weight excluding hydrogens is 192 g/mol. The second-order valence-electron chi connectivity index (χ2n) is 3.28. The SMILES string of the molecule is Br.CN1C[C@@H]2CC[C@H]1CN2. The Kier molecular flexibility index (Phi) is 2.72. The highest BCUT2D eigenvalue weighted by Crippen LogP contribution is 2.19. The molecule has 3 aliphatic heterocycles. The molecule has 3 heterocycles. The molecule has 3 saturated heterocycles. The van der Waals surface area contributed by atoms with Gasteiger partial charge in [-0.2, -0.15) is 0 Å². The highest BCUT2D eigenvalue weighted by atomic mass is 79.9.